The van der Waals surface area contributed by atoms with Crippen molar-refractivity contribution in [3.05, 3.63) is 11.1 Å². The molecule has 1 N–H and O–H groups in total. The van der Waals surface area contributed by atoms with Crippen LogP contribution in [0.4, 0.5) is 5.95 Å². The molecule has 0 saturated heterocycles. The Morgan fingerprint density at radius 1 is 1.31 bits per heavy atom. The summed E-state index contributed by atoms with van der Waals surface area (Å²) in [6.07, 6.45) is 5.72. The Kier molecular flexibility index (Phi) is 3.93. The van der Waals surface area contributed by atoms with E-state index in [4.69, 9.17) is 11.6 Å². The fraction of sp³-hybridized carbons (Fsp3) is 0.727. The van der Waals surface area contributed by atoms with E-state index in [1.165, 1.54) is 12.8 Å². The minimum absolute atomic E-state index is 0.291. The van der Waals surface area contributed by atoms with Gasteiger partial charge in [0.2, 0.25) is 11.2 Å². The van der Waals surface area contributed by atoms with Gasteiger partial charge < -0.3 is 5.32 Å². The summed E-state index contributed by atoms with van der Waals surface area (Å²) in [5.74, 6) is 2.22. The molecular weight excluding hydrogens is 224 g/mol. The van der Waals surface area contributed by atoms with Gasteiger partial charge in [0.25, 0.3) is 0 Å². The highest BCUT2D eigenvalue weighted by Gasteiger charge is 2.21. The summed E-state index contributed by atoms with van der Waals surface area (Å²) < 4.78 is 0. The van der Waals surface area contributed by atoms with E-state index in [-0.39, 0.29) is 0 Å². The monoisotopic (exact) mass is 240 g/mol. The molecule has 1 heterocycles. The maximum absolute atomic E-state index is 5.86. The van der Waals surface area contributed by atoms with Gasteiger partial charge in [-0.15, -0.1) is 0 Å². The second-order valence-electron chi connectivity index (χ2n) is 4.27. The number of aromatic nitrogens is 3. The molecule has 5 heteroatoms. The van der Waals surface area contributed by atoms with Gasteiger partial charge in [0, 0.05) is 13.0 Å². The van der Waals surface area contributed by atoms with Crippen molar-refractivity contribution in [2.75, 3.05) is 11.9 Å². The summed E-state index contributed by atoms with van der Waals surface area (Å²) in [6.45, 7) is 3.10. The van der Waals surface area contributed by atoms with Crippen LogP contribution in [0, 0.1) is 5.92 Å². The van der Waals surface area contributed by atoms with E-state index in [1.54, 1.807) is 0 Å². The lowest BCUT2D eigenvalue weighted by Gasteiger charge is -2.05. The van der Waals surface area contributed by atoms with E-state index in [0.29, 0.717) is 11.2 Å². The first-order valence-corrected chi connectivity index (χ1v) is 6.30. The summed E-state index contributed by atoms with van der Waals surface area (Å²) in [5.41, 5.74) is 0. The molecule has 4 nitrogen and oxygen atoms in total. The van der Waals surface area contributed by atoms with Crippen molar-refractivity contribution < 1.29 is 0 Å². The van der Waals surface area contributed by atoms with Crippen LogP contribution >= 0.6 is 11.6 Å². The third-order valence-electron chi connectivity index (χ3n) is 2.65. The molecule has 0 radical (unpaired) electrons. The Morgan fingerprint density at radius 3 is 2.81 bits per heavy atom. The molecule has 0 spiro atoms. The predicted molar refractivity (Wildman–Crippen MR) is 64.7 cm³/mol. The average molecular weight is 241 g/mol. The molecule has 0 aliphatic heterocycles. The molecule has 0 bridgehead atoms. The van der Waals surface area contributed by atoms with Crippen LogP contribution in [0.3, 0.4) is 0 Å². The van der Waals surface area contributed by atoms with Gasteiger partial charge in [-0.1, -0.05) is 13.3 Å². The number of anilines is 1. The number of unbranched alkanes of at least 4 members (excludes halogenated alkanes) is 1. The molecule has 0 atom stereocenters. The van der Waals surface area contributed by atoms with Gasteiger partial charge >= 0.3 is 0 Å². The number of hydrogen-bond donors (Lipinski definition) is 1. The molecule has 1 saturated carbocycles. The maximum atomic E-state index is 5.86. The molecule has 0 aromatic carbocycles. The van der Waals surface area contributed by atoms with Crippen molar-refractivity contribution in [1.82, 2.24) is 15.0 Å². The van der Waals surface area contributed by atoms with Gasteiger partial charge in [-0.2, -0.15) is 9.97 Å². The van der Waals surface area contributed by atoms with Gasteiger partial charge in [0.1, 0.15) is 5.82 Å². The van der Waals surface area contributed by atoms with Gasteiger partial charge in [0.15, 0.2) is 0 Å². The zero-order valence-electron chi connectivity index (χ0n) is 9.54. The molecule has 0 unspecified atom stereocenters. The van der Waals surface area contributed by atoms with Crippen LogP contribution in [0.15, 0.2) is 0 Å². The zero-order chi connectivity index (χ0) is 11.4. The molecule has 2 rings (SSSR count). The minimum atomic E-state index is 0.291. The standard InChI is InChI=1S/C11H17ClN4/c1-2-3-4-9-14-10(12)16-11(15-9)13-7-8-5-6-8/h8H,2-7H2,1H3,(H,13,14,15,16). The van der Waals surface area contributed by atoms with Crippen LogP contribution in [-0.2, 0) is 6.42 Å². The van der Waals surface area contributed by atoms with Crippen molar-refractivity contribution in [1.29, 1.82) is 0 Å². The highest BCUT2D eigenvalue weighted by molar-refractivity contribution is 6.28. The molecular formula is C11H17ClN4. The molecule has 1 aliphatic rings. The number of aryl methyl sites for hydroxylation is 1. The van der Waals surface area contributed by atoms with E-state index < -0.39 is 0 Å². The third-order valence-corrected chi connectivity index (χ3v) is 2.82. The van der Waals surface area contributed by atoms with E-state index >= 15 is 0 Å². The summed E-state index contributed by atoms with van der Waals surface area (Å²) in [4.78, 5) is 12.5. The molecule has 16 heavy (non-hydrogen) atoms. The Hall–Kier alpha value is -0.900. The first-order chi connectivity index (χ1) is 7.78. The normalized spacial score (nSPS) is 15.1. The van der Waals surface area contributed by atoms with Crippen LogP contribution in [0.5, 0.6) is 0 Å². The quantitative estimate of drug-likeness (QED) is 0.831. The number of nitrogens with one attached hydrogen (secondary N) is 1. The van der Waals surface area contributed by atoms with Gasteiger partial charge in [-0.3, -0.25) is 0 Å². The first-order valence-electron chi connectivity index (χ1n) is 5.92. The van der Waals surface area contributed by atoms with Crippen LogP contribution in [-0.4, -0.2) is 21.5 Å². The van der Waals surface area contributed by atoms with Crippen molar-refractivity contribution in [2.24, 2.45) is 5.92 Å². The van der Waals surface area contributed by atoms with Crippen molar-refractivity contribution in [3.8, 4) is 0 Å². The molecule has 1 fully saturated rings. The maximum Gasteiger partial charge on any atom is 0.227 e. The van der Waals surface area contributed by atoms with Crippen molar-refractivity contribution >= 4 is 17.5 Å². The number of hydrogen-bond acceptors (Lipinski definition) is 4. The number of halogens is 1. The van der Waals surface area contributed by atoms with Crippen LogP contribution in [0.2, 0.25) is 5.28 Å². The second-order valence-corrected chi connectivity index (χ2v) is 4.61. The Labute approximate surface area is 101 Å². The van der Waals surface area contributed by atoms with E-state index in [1.807, 2.05) is 0 Å². The number of rotatable bonds is 6. The smallest absolute Gasteiger partial charge is 0.227 e. The largest absolute Gasteiger partial charge is 0.354 e. The molecule has 1 aromatic rings. The van der Waals surface area contributed by atoms with Crippen molar-refractivity contribution in [2.45, 2.75) is 39.0 Å². The average Bonchev–Trinajstić information content (AvgIpc) is 3.07. The molecule has 88 valence electrons. The van der Waals surface area contributed by atoms with Gasteiger partial charge in [0.05, 0.1) is 0 Å². The summed E-state index contributed by atoms with van der Waals surface area (Å²) in [5, 5.41) is 3.51. The predicted octanol–water partition coefficient (Wildman–Crippen LogP) is 2.69. The van der Waals surface area contributed by atoms with Gasteiger partial charge in [-0.25, -0.2) is 4.98 Å². The van der Waals surface area contributed by atoms with E-state index in [0.717, 1.165) is 37.5 Å². The highest BCUT2D eigenvalue weighted by Crippen LogP contribution is 2.28. The summed E-state index contributed by atoms with van der Waals surface area (Å²) >= 11 is 5.86. The second kappa shape index (κ2) is 5.43. The molecule has 0 amide bonds. The molecule has 1 aliphatic carbocycles. The Morgan fingerprint density at radius 2 is 2.12 bits per heavy atom. The minimum Gasteiger partial charge on any atom is -0.354 e. The SMILES string of the molecule is CCCCc1nc(Cl)nc(NCC2CC2)n1. The van der Waals surface area contributed by atoms with Gasteiger partial charge in [-0.05, 0) is 36.8 Å². The lowest BCUT2D eigenvalue weighted by atomic mass is 10.2. The van der Waals surface area contributed by atoms with Crippen LogP contribution in [0.1, 0.15) is 38.4 Å². The Balaban J connectivity index is 1.96. The lowest BCUT2D eigenvalue weighted by molar-refractivity contribution is 0.743. The zero-order valence-corrected chi connectivity index (χ0v) is 10.3. The highest BCUT2D eigenvalue weighted by atomic mass is 35.5. The summed E-state index contributed by atoms with van der Waals surface area (Å²) in [7, 11) is 0. The lowest BCUT2D eigenvalue weighted by Crippen LogP contribution is -2.09. The topological polar surface area (TPSA) is 50.7 Å². The van der Waals surface area contributed by atoms with Crippen LogP contribution in [0.25, 0.3) is 0 Å². The van der Waals surface area contributed by atoms with E-state index in [9.17, 15) is 0 Å². The third kappa shape index (κ3) is 3.59. The Bertz CT molecular complexity index is 352. The van der Waals surface area contributed by atoms with E-state index in [2.05, 4.69) is 27.2 Å². The fourth-order valence-corrected chi connectivity index (χ4v) is 1.65. The first kappa shape index (κ1) is 11.6. The number of nitrogens with zero attached hydrogens (tertiary/aromatic N) is 3. The molecule has 1 aromatic heterocycles. The fourth-order valence-electron chi connectivity index (χ4n) is 1.47. The summed E-state index contributed by atoms with van der Waals surface area (Å²) in [6, 6.07) is 0. The van der Waals surface area contributed by atoms with Crippen LogP contribution < -0.4 is 5.32 Å². The van der Waals surface area contributed by atoms with Crippen molar-refractivity contribution in [3.63, 3.8) is 0 Å².